The molecule has 0 N–H and O–H groups in total. The fraction of sp³-hybridized carbons (Fsp3) is 0.400. The Bertz CT molecular complexity index is 373. The predicted molar refractivity (Wildman–Crippen MR) is 58.9 cm³/mol. The summed E-state index contributed by atoms with van der Waals surface area (Å²) in [6.45, 7) is -4.56. The van der Waals surface area contributed by atoms with Crippen molar-refractivity contribution in [3.8, 4) is 17.2 Å². The summed E-state index contributed by atoms with van der Waals surface area (Å²) in [5.41, 5.74) is 0.809. The van der Waals surface area contributed by atoms with E-state index in [9.17, 15) is 12.9 Å². The van der Waals surface area contributed by atoms with Crippen LogP contribution in [0.3, 0.4) is 0 Å². The first-order valence-corrected chi connectivity index (χ1v) is 4.94. The first-order valence-electron chi connectivity index (χ1n) is 4.94. The van der Waals surface area contributed by atoms with E-state index in [0.29, 0.717) is 0 Å². The fourth-order valence-electron chi connectivity index (χ4n) is 1.33. The zero-order valence-electron chi connectivity index (χ0n) is 10.8. The predicted octanol–water partition coefficient (Wildman–Crippen LogP) is -0.218. The van der Waals surface area contributed by atoms with Crippen LogP contribution in [-0.2, 0) is 0 Å². The number of benzene rings is 1. The van der Waals surface area contributed by atoms with Crippen LogP contribution in [0.5, 0.6) is 17.2 Å². The summed E-state index contributed by atoms with van der Waals surface area (Å²) in [6.07, 6.45) is 0. The second-order valence-corrected chi connectivity index (χ2v) is 3.52. The number of halogens is 3. The van der Waals surface area contributed by atoms with E-state index < -0.39 is 13.5 Å². The molecular weight excluding hydrogens is 275 g/mol. The Hall–Kier alpha value is 0.111. The Kier molecular flexibility index (Phi) is 7.69. The van der Waals surface area contributed by atoms with E-state index >= 15 is 0 Å². The van der Waals surface area contributed by atoms with Crippen molar-refractivity contribution >= 4 is 6.98 Å². The smallest absolute Gasteiger partial charge is 0.516 e. The molecule has 0 heterocycles. The molecule has 0 aliphatic heterocycles. The maximum Gasteiger partial charge on any atom is 1.00 e. The van der Waals surface area contributed by atoms with Gasteiger partial charge in [0.2, 0.25) is 5.75 Å². The summed E-state index contributed by atoms with van der Waals surface area (Å²) in [7, 11) is 2.72. The standard InChI is InChI=1S/C10H13BF3O3.K/c1-7-4-8(15-2)10(9(5-7)16-3)17-6-11(12,13)14;/h4-5H,6H2,1-3H3;/q-1;+1. The molecule has 96 valence electrons. The molecule has 1 aromatic rings. The number of hydrogen-bond acceptors (Lipinski definition) is 3. The molecule has 1 aromatic carbocycles. The first-order chi connectivity index (χ1) is 7.87. The molecule has 0 saturated heterocycles. The van der Waals surface area contributed by atoms with Gasteiger partial charge in [0.05, 0.1) is 20.7 Å². The average Bonchev–Trinajstić information content (AvgIpc) is 2.24. The average molecular weight is 288 g/mol. The molecular formula is C10H13BF3KO3. The van der Waals surface area contributed by atoms with Gasteiger partial charge in [0.15, 0.2) is 11.5 Å². The summed E-state index contributed by atoms with van der Waals surface area (Å²) in [5, 5.41) is 0. The van der Waals surface area contributed by atoms with Crippen LogP contribution in [0, 0.1) is 6.92 Å². The molecule has 3 nitrogen and oxygen atoms in total. The van der Waals surface area contributed by atoms with Crippen molar-refractivity contribution in [2.75, 3.05) is 20.7 Å². The van der Waals surface area contributed by atoms with E-state index in [2.05, 4.69) is 0 Å². The maximum absolute atomic E-state index is 12.1. The van der Waals surface area contributed by atoms with Gasteiger partial charge in [0, 0.05) is 0 Å². The second-order valence-electron chi connectivity index (χ2n) is 3.52. The molecule has 0 fully saturated rings. The summed E-state index contributed by atoms with van der Waals surface area (Å²) in [4.78, 5) is 0. The normalized spacial score (nSPS) is 10.6. The van der Waals surface area contributed by atoms with Crippen molar-refractivity contribution in [3.63, 3.8) is 0 Å². The minimum Gasteiger partial charge on any atom is -0.516 e. The quantitative estimate of drug-likeness (QED) is 0.701. The SMILES string of the molecule is COc1cc(C)cc(OC)c1OC[B-](F)(F)F.[K+]. The molecule has 0 atom stereocenters. The Morgan fingerprint density at radius 1 is 1.06 bits per heavy atom. The van der Waals surface area contributed by atoms with Gasteiger partial charge >= 0.3 is 58.4 Å². The van der Waals surface area contributed by atoms with E-state index in [1.54, 1.807) is 19.1 Å². The molecule has 8 heteroatoms. The number of methoxy groups -OCH3 is 2. The Morgan fingerprint density at radius 3 is 1.83 bits per heavy atom. The molecule has 0 radical (unpaired) electrons. The molecule has 0 spiro atoms. The van der Waals surface area contributed by atoms with E-state index in [-0.39, 0.29) is 68.6 Å². The number of aryl methyl sites for hydroxylation is 1. The van der Waals surface area contributed by atoms with Crippen LogP contribution in [0.4, 0.5) is 12.9 Å². The van der Waals surface area contributed by atoms with Gasteiger partial charge in [-0.2, -0.15) is 0 Å². The van der Waals surface area contributed by atoms with E-state index in [1.165, 1.54) is 14.2 Å². The summed E-state index contributed by atoms with van der Waals surface area (Å²) >= 11 is 0. The number of rotatable bonds is 5. The van der Waals surface area contributed by atoms with Gasteiger partial charge in [0.25, 0.3) is 0 Å². The zero-order valence-corrected chi connectivity index (χ0v) is 13.9. The topological polar surface area (TPSA) is 27.7 Å². The first kappa shape index (κ1) is 18.1. The van der Waals surface area contributed by atoms with Gasteiger partial charge in [-0.05, 0) is 24.6 Å². The monoisotopic (exact) mass is 288 g/mol. The van der Waals surface area contributed by atoms with E-state index in [1.807, 2.05) is 0 Å². The zero-order chi connectivity index (χ0) is 13.1. The summed E-state index contributed by atoms with van der Waals surface area (Å²) in [6, 6.07) is 3.17. The van der Waals surface area contributed by atoms with Gasteiger partial charge in [-0.25, -0.2) is 0 Å². The van der Waals surface area contributed by atoms with Crippen LogP contribution in [0.2, 0.25) is 0 Å². The molecule has 18 heavy (non-hydrogen) atoms. The van der Waals surface area contributed by atoms with E-state index in [0.717, 1.165) is 5.56 Å². The molecule has 1 rings (SSSR count). The van der Waals surface area contributed by atoms with Crippen LogP contribution < -0.4 is 65.6 Å². The number of ether oxygens (including phenoxy) is 3. The third-order valence-electron chi connectivity index (χ3n) is 2.02. The molecule has 0 saturated carbocycles. The van der Waals surface area contributed by atoms with Gasteiger partial charge in [0.1, 0.15) is 0 Å². The third kappa shape index (κ3) is 5.40. The van der Waals surface area contributed by atoms with Crippen LogP contribution >= 0.6 is 0 Å². The van der Waals surface area contributed by atoms with Crippen molar-refractivity contribution in [1.82, 2.24) is 0 Å². The van der Waals surface area contributed by atoms with Crippen LogP contribution in [-0.4, -0.2) is 27.7 Å². The van der Waals surface area contributed by atoms with Crippen LogP contribution in [0.25, 0.3) is 0 Å². The van der Waals surface area contributed by atoms with Crippen LogP contribution in [0.1, 0.15) is 5.56 Å². The van der Waals surface area contributed by atoms with Gasteiger partial charge in [-0.1, -0.05) is 0 Å². The summed E-state index contributed by atoms with van der Waals surface area (Å²) in [5.74, 6) is 0.420. The van der Waals surface area contributed by atoms with Gasteiger partial charge in [-0.15, -0.1) is 0 Å². The molecule has 0 aliphatic carbocycles. The van der Waals surface area contributed by atoms with Crippen molar-refractivity contribution in [2.24, 2.45) is 0 Å². The molecule has 0 amide bonds. The second kappa shape index (κ2) is 7.64. The van der Waals surface area contributed by atoms with Crippen molar-refractivity contribution in [3.05, 3.63) is 17.7 Å². The maximum atomic E-state index is 12.1. The summed E-state index contributed by atoms with van der Waals surface area (Å²) < 4.78 is 51.1. The Balaban J connectivity index is 0.00000289. The molecule has 0 aliphatic rings. The molecule has 0 unspecified atom stereocenters. The largest absolute Gasteiger partial charge is 1.00 e. The third-order valence-corrected chi connectivity index (χ3v) is 2.02. The molecule has 0 bridgehead atoms. The Morgan fingerprint density at radius 2 is 1.50 bits per heavy atom. The van der Waals surface area contributed by atoms with E-state index in [4.69, 9.17) is 14.2 Å². The van der Waals surface area contributed by atoms with Gasteiger partial charge in [-0.3, -0.25) is 0 Å². The van der Waals surface area contributed by atoms with Crippen LogP contribution in [0.15, 0.2) is 12.1 Å². The number of hydrogen-bond donors (Lipinski definition) is 0. The van der Waals surface area contributed by atoms with Crippen molar-refractivity contribution in [1.29, 1.82) is 0 Å². The molecule has 0 aromatic heterocycles. The fourth-order valence-corrected chi connectivity index (χ4v) is 1.33. The Labute approximate surface area is 146 Å². The van der Waals surface area contributed by atoms with Crippen molar-refractivity contribution < 1.29 is 78.5 Å². The van der Waals surface area contributed by atoms with Crippen molar-refractivity contribution in [2.45, 2.75) is 6.92 Å². The minimum absolute atomic E-state index is 0. The van der Waals surface area contributed by atoms with Gasteiger partial charge < -0.3 is 27.2 Å². The minimum atomic E-state index is -5.01.